The molecule has 0 saturated heterocycles. The number of hydrogen-bond donors (Lipinski definition) is 0. The van der Waals surface area contributed by atoms with Gasteiger partial charge in [0.15, 0.2) is 16.8 Å². The minimum absolute atomic E-state index is 0.0980. The molecule has 7 nitrogen and oxygen atoms in total. The molecule has 162 valence electrons. The second kappa shape index (κ2) is 7.69. The van der Waals surface area contributed by atoms with Crippen LogP contribution in [-0.4, -0.2) is 17.7 Å². The van der Waals surface area contributed by atoms with Crippen molar-refractivity contribution in [1.82, 2.24) is 5.16 Å². The number of anilines is 1. The third-order valence-corrected chi connectivity index (χ3v) is 5.74. The normalized spacial score (nSPS) is 15.4. The third-order valence-electron chi connectivity index (χ3n) is 5.24. The fourth-order valence-electron chi connectivity index (χ4n) is 3.96. The van der Waals surface area contributed by atoms with Crippen molar-refractivity contribution in [2.45, 2.75) is 19.9 Å². The van der Waals surface area contributed by atoms with Crippen molar-refractivity contribution in [1.29, 1.82) is 0 Å². The molecule has 0 unspecified atom stereocenters. The first-order chi connectivity index (χ1) is 15.4. The number of halogens is 2. The van der Waals surface area contributed by atoms with Gasteiger partial charge in [-0.3, -0.25) is 14.5 Å². The van der Waals surface area contributed by atoms with Gasteiger partial charge < -0.3 is 13.7 Å². The van der Waals surface area contributed by atoms with Gasteiger partial charge in [-0.05, 0) is 43.7 Å². The number of hydrogen-bond acceptors (Lipinski definition) is 6. The molecule has 4 aromatic rings. The lowest BCUT2D eigenvalue weighted by Crippen LogP contribution is -2.29. The zero-order valence-electron chi connectivity index (χ0n) is 17.0. The molecule has 0 N–H and O–H groups in total. The number of aromatic nitrogens is 1. The number of carbonyl (C=O) groups is 1. The predicted octanol–water partition coefficient (Wildman–Crippen LogP) is 5.54. The number of amides is 1. The van der Waals surface area contributed by atoms with Gasteiger partial charge in [-0.2, -0.15) is 0 Å². The topological polar surface area (TPSA) is 85.8 Å². The Bertz CT molecular complexity index is 1440. The lowest BCUT2D eigenvalue weighted by Gasteiger charge is -2.22. The summed E-state index contributed by atoms with van der Waals surface area (Å²) in [6.45, 7) is 4.06. The van der Waals surface area contributed by atoms with E-state index in [4.69, 9.17) is 36.9 Å². The van der Waals surface area contributed by atoms with Crippen LogP contribution in [0, 0.1) is 6.92 Å². The van der Waals surface area contributed by atoms with E-state index in [0.717, 1.165) is 0 Å². The standard InChI is InChI=1S/C23H16Cl2N2O5/c1-3-30-14-6-4-5-12(8-14)19-18-20(28)15-9-13(24)10-16(25)21(15)31-22(18)23(29)27(19)17-7-11(2)32-26-17/h4-10,19H,3H2,1-2H3/t19-/m0/s1. The third kappa shape index (κ3) is 3.16. The summed E-state index contributed by atoms with van der Waals surface area (Å²) in [5.41, 5.74) is 0.542. The highest BCUT2D eigenvalue weighted by molar-refractivity contribution is 6.38. The summed E-state index contributed by atoms with van der Waals surface area (Å²) in [5, 5.41) is 4.63. The first kappa shape index (κ1) is 20.6. The summed E-state index contributed by atoms with van der Waals surface area (Å²) in [5.74, 6) is 0.769. The van der Waals surface area contributed by atoms with Crippen molar-refractivity contribution in [3.8, 4) is 5.75 Å². The molecular weight excluding hydrogens is 455 g/mol. The van der Waals surface area contributed by atoms with E-state index in [1.165, 1.54) is 17.0 Å². The van der Waals surface area contributed by atoms with E-state index in [1.54, 1.807) is 31.2 Å². The summed E-state index contributed by atoms with van der Waals surface area (Å²) in [7, 11) is 0. The Balaban J connectivity index is 1.82. The van der Waals surface area contributed by atoms with Crippen molar-refractivity contribution in [3.05, 3.63) is 85.4 Å². The first-order valence-electron chi connectivity index (χ1n) is 9.84. The molecule has 5 rings (SSSR count). The molecule has 0 aliphatic carbocycles. The molecule has 1 atom stereocenters. The molecule has 0 saturated carbocycles. The predicted molar refractivity (Wildman–Crippen MR) is 120 cm³/mol. The van der Waals surface area contributed by atoms with Crippen LogP contribution in [0.5, 0.6) is 5.75 Å². The van der Waals surface area contributed by atoms with Gasteiger partial charge in [-0.25, -0.2) is 0 Å². The van der Waals surface area contributed by atoms with Crippen molar-refractivity contribution >= 4 is 45.9 Å². The fourth-order valence-corrected chi connectivity index (χ4v) is 4.49. The number of ether oxygens (including phenoxy) is 1. The van der Waals surface area contributed by atoms with Crippen LogP contribution >= 0.6 is 23.2 Å². The number of fused-ring (bicyclic) bond motifs is 2. The molecule has 3 heterocycles. The maximum absolute atomic E-state index is 13.6. The quantitative estimate of drug-likeness (QED) is 0.388. The number of benzene rings is 2. The van der Waals surface area contributed by atoms with E-state index in [9.17, 15) is 9.59 Å². The lowest BCUT2D eigenvalue weighted by atomic mass is 9.98. The maximum Gasteiger partial charge on any atom is 0.296 e. The van der Waals surface area contributed by atoms with E-state index in [0.29, 0.717) is 23.7 Å². The molecule has 32 heavy (non-hydrogen) atoms. The number of rotatable bonds is 4. The Labute approximate surface area is 192 Å². The molecule has 1 aliphatic heterocycles. The van der Waals surface area contributed by atoms with Crippen LogP contribution in [0.2, 0.25) is 10.0 Å². The van der Waals surface area contributed by atoms with E-state index in [1.807, 2.05) is 13.0 Å². The average Bonchev–Trinajstić information content (AvgIpc) is 3.30. The molecule has 2 aromatic carbocycles. The molecule has 0 bridgehead atoms. The molecule has 9 heteroatoms. The van der Waals surface area contributed by atoms with E-state index in [-0.39, 0.29) is 38.2 Å². The van der Waals surface area contributed by atoms with Crippen LogP contribution < -0.4 is 15.1 Å². The van der Waals surface area contributed by atoms with Gasteiger partial charge in [0.1, 0.15) is 11.5 Å². The summed E-state index contributed by atoms with van der Waals surface area (Å²) < 4.78 is 16.7. The van der Waals surface area contributed by atoms with Crippen molar-refractivity contribution in [2.24, 2.45) is 0 Å². The van der Waals surface area contributed by atoms with Crippen LogP contribution in [0.1, 0.15) is 40.4 Å². The Morgan fingerprint density at radius 2 is 1.97 bits per heavy atom. The SMILES string of the molecule is CCOc1cccc([C@H]2c3c(oc4c(Cl)cc(Cl)cc4c3=O)C(=O)N2c2cc(C)on2)c1. The zero-order valence-corrected chi connectivity index (χ0v) is 18.5. The Morgan fingerprint density at radius 3 is 2.69 bits per heavy atom. The Hall–Kier alpha value is -3.29. The van der Waals surface area contributed by atoms with Crippen molar-refractivity contribution in [2.75, 3.05) is 11.5 Å². The van der Waals surface area contributed by atoms with Gasteiger partial charge in [0.2, 0.25) is 5.76 Å². The number of carbonyl (C=O) groups excluding carboxylic acids is 1. The minimum Gasteiger partial charge on any atom is -0.494 e. The zero-order chi connectivity index (χ0) is 22.6. The van der Waals surface area contributed by atoms with Crippen LogP contribution in [0.4, 0.5) is 5.82 Å². The Morgan fingerprint density at radius 1 is 1.16 bits per heavy atom. The van der Waals surface area contributed by atoms with Crippen molar-refractivity contribution < 1.29 is 18.5 Å². The number of nitrogens with zero attached hydrogens (tertiary/aromatic N) is 2. The van der Waals surface area contributed by atoms with E-state index >= 15 is 0 Å². The monoisotopic (exact) mass is 470 g/mol. The first-order valence-corrected chi connectivity index (χ1v) is 10.6. The molecule has 0 fully saturated rings. The van der Waals surface area contributed by atoms with Crippen molar-refractivity contribution in [3.63, 3.8) is 0 Å². The van der Waals surface area contributed by atoms with Gasteiger partial charge in [-0.1, -0.05) is 40.5 Å². The van der Waals surface area contributed by atoms with Gasteiger partial charge in [0.05, 0.1) is 28.6 Å². The highest BCUT2D eigenvalue weighted by Gasteiger charge is 2.45. The van der Waals surface area contributed by atoms with Gasteiger partial charge in [-0.15, -0.1) is 0 Å². The van der Waals surface area contributed by atoms with Crippen LogP contribution in [0.3, 0.4) is 0 Å². The van der Waals surface area contributed by atoms with E-state index < -0.39 is 17.4 Å². The number of aryl methyl sites for hydroxylation is 1. The van der Waals surface area contributed by atoms with Gasteiger partial charge >= 0.3 is 0 Å². The molecule has 0 radical (unpaired) electrons. The highest BCUT2D eigenvalue weighted by Crippen LogP contribution is 2.42. The molecule has 2 aromatic heterocycles. The highest BCUT2D eigenvalue weighted by atomic mass is 35.5. The van der Waals surface area contributed by atoms with Crippen LogP contribution in [0.15, 0.2) is 56.2 Å². The largest absolute Gasteiger partial charge is 0.494 e. The second-order valence-corrected chi connectivity index (χ2v) is 8.16. The molecule has 1 aliphatic rings. The summed E-state index contributed by atoms with van der Waals surface area (Å²) >= 11 is 12.4. The summed E-state index contributed by atoms with van der Waals surface area (Å²) in [6, 6.07) is 11.0. The van der Waals surface area contributed by atoms with Gasteiger partial charge in [0, 0.05) is 11.1 Å². The van der Waals surface area contributed by atoms with E-state index in [2.05, 4.69) is 5.16 Å². The summed E-state index contributed by atoms with van der Waals surface area (Å²) in [6.07, 6.45) is 0. The Kier molecular flexibility index (Phi) is 4.95. The van der Waals surface area contributed by atoms with Crippen LogP contribution in [0.25, 0.3) is 11.0 Å². The second-order valence-electron chi connectivity index (χ2n) is 7.32. The molecule has 0 spiro atoms. The molecule has 1 amide bonds. The average molecular weight is 471 g/mol. The minimum atomic E-state index is -0.805. The molecular formula is C23H16Cl2N2O5. The van der Waals surface area contributed by atoms with Gasteiger partial charge in [0.25, 0.3) is 5.91 Å². The summed E-state index contributed by atoms with van der Waals surface area (Å²) in [4.78, 5) is 28.5. The van der Waals surface area contributed by atoms with Crippen LogP contribution in [-0.2, 0) is 0 Å². The maximum atomic E-state index is 13.6. The lowest BCUT2D eigenvalue weighted by molar-refractivity contribution is 0.0969. The fraction of sp³-hybridized carbons (Fsp3) is 0.174. The smallest absolute Gasteiger partial charge is 0.296 e.